The van der Waals surface area contributed by atoms with Crippen molar-refractivity contribution < 1.29 is 14.7 Å². The Kier molecular flexibility index (Phi) is 7.46. The smallest absolute Gasteiger partial charge is 0.136 e. The SMILES string of the molecule is CC/C=C\C[C@H]1C(=O)CC[C@H]1CCCCCC(=O)[O-]. The zero-order valence-corrected chi connectivity index (χ0v) is 11.9. The molecule has 0 radical (unpaired) electrons. The Hall–Kier alpha value is -1.12. The van der Waals surface area contributed by atoms with E-state index in [1.165, 1.54) is 0 Å². The summed E-state index contributed by atoms with van der Waals surface area (Å²) in [6, 6.07) is 0. The largest absolute Gasteiger partial charge is 0.550 e. The molecule has 1 fully saturated rings. The fraction of sp³-hybridized carbons (Fsp3) is 0.750. The molecular weight excluding hydrogens is 240 g/mol. The van der Waals surface area contributed by atoms with Gasteiger partial charge in [-0.25, -0.2) is 0 Å². The van der Waals surface area contributed by atoms with E-state index in [2.05, 4.69) is 19.1 Å². The molecule has 0 aromatic carbocycles. The van der Waals surface area contributed by atoms with E-state index in [4.69, 9.17) is 0 Å². The van der Waals surface area contributed by atoms with Crippen molar-refractivity contribution in [2.45, 2.75) is 64.7 Å². The third-order valence-electron chi connectivity index (χ3n) is 3.99. The minimum Gasteiger partial charge on any atom is -0.550 e. The Balaban J connectivity index is 2.25. The summed E-state index contributed by atoms with van der Waals surface area (Å²) in [7, 11) is 0. The van der Waals surface area contributed by atoms with Crippen LogP contribution in [0.3, 0.4) is 0 Å². The van der Waals surface area contributed by atoms with Gasteiger partial charge in [0.25, 0.3) is 0 Å². The van der Waals surface area contributed by atoms with E-state index in [0.717, 1.165) is 44.9 Å². The number of carbonyl (C=O) groups is 2. The second-order valence-corrected chi connectivity index (χ2v) is 5.46. The lowest BCUT2D eigenvalue weighted by Gasteiger charge is -2.16. The molecule has 0 spiro atoms. The molecule has 0 saturated heterocycles. The molecule has 1 saturated carbocycles. The third kappa shape index (κ3) is 6.04. The highest BCUT2D eigenvalue weighted by molar-refractivity contribution is 5.83. The van der Waals surface area contributed by atoms with Crippen LogP contribution in [0.15, 0.2) is 12.2 Å². The van der Waals surface area contributed by atoms with Crippen molar-refractivity contribution in [1.29, 1.82) is 0 Å². The molecule has 108 valence electrons. The number of hydrogen-bond donors (Lipinski definition) is 0. The number of unbranched alkanes of at least 4 members (excludes halogenated alkanes) is 2. The molecule has 0 N–H and O–H groups in total. The zero-order chi connectivity index (χ0) is 14.1. The molecule has 0 unspecified atom stereocenters. The van der Waals surface area contributed by atoms with E-state index in [-0.39, 0.29) is 12.3 Å². The average molecular weight is 265 g/mol. The quantitative estimate of drug-likeness (QED) is 0.475. The van der Waals surface area contributed by atoms with Gasteiger partial charge in [-0.05, 0) is 44.4 Å². The van der Waals surface area contributed by atoms with Crippen molar-refractivity contribution >= 4 is 11.8 Å². The van der Waals surface area contributed by atoms with E-state index in [1.54, 1.807) is 0 Å². The molecule has 2 atom stereocenters. The summed E-state index contributed by atoms with van der Waals surface area (Å²) in [5.74, 6) is 0.181. The van der Waals surface area contributed by atoms with Gasteiger partial charge in [0.05, 0.1) is 0 Å². The summed E-state index contributed by atoms with van der Waals surface area (Å²) in [5.41, 5.74) is 0. The lowest BCUT2D eigenvalue weighted by molar-refractivity contribution is -0.305. The highest BCUT2D eigenvalue weighted by atomic mass is 16.4. The van der Waals surface area contributed by atoms with E-state index >= 15 is 0 Å². The van der Waals surface area contributed by atoms with Crippen LogP contribution in [0.2, 0.25) is 0 Å². The first-order valence-electron chi connectivity index (χ1n) is 7.52. The van der Waals surface area contributed by atoms with Crippen LogP contribution < -0.4 is 5.11 Å². The van der Waals surface area contributed by atoms with E-state index in [9.17, 15) is 14.7 Å². The summed E-state index contributed by atoms with van der Waals surface area (Å²) >= 11 is 0. The lowest BCUT2D eigenvalue weighted by Crippen LogP contribution is -2.21. The number of carboxylic acid groups (broad SMARTS) is 1. The molecule has 0 aromatic rings. The van der Waals surface area contributed by atoms with Crippen LogP contribution in [0, 0.1) is 11.8 Å². The number of aliphatic carboxylic acids is 1. The Morgan fingerprint density at radius 3 is 2.79 bits per heavy atom. The molecule has 19 heavy (non-hydrogen) atoms. The lowest BCUT2D eigenvalue weighted by atomic mass is 9.88. The van der Waals surface area contributed by atoms with Crippen LogP contribution in [0.25, 0.3) is 0 Å². The topological polar surface area (TPSA) is 57.2 Å². The first kappa shape index (κ1) is 15.9. The van der Waals surface area contributed by atoms with Crippen LogP contribution in [-0.2, 0) is 9.59 Å². The maximum absolute atomic E-state index is 11.8. The van der Waals surface area contributed by atoms with Gasteiger partial charge in [0, 0.05) is 18.3 Å². The van der Waals surface area contributed by atoms with Gasteiger partial charge in [-0.15, -0.1) is 0 Å². The number of ketones is 1. The number of allylic oxidation sites excluding steroid dienone is 2. The van der Waals surface area contributed by atoms with Crippen LogP contribution in [-0.4, -0.2) is 11.8 Å². The molecule has 0 aliphatic heterocycles. The number of hydrogen-bond acceptors (Lipinski definition) is 3. The van der Waals surface area contributed by atoms with Gasteiger partial charge >= 0.3 is 0 Å². The number of carbonyl (C=O) groups excluding carboxylic acids is 2. The predicted molar refractivity (Wildman–Crippen MR) is 73.4 cm³/mol. The van der Waals surface area contributed by atoms with Gasteiger partial charge in [-0.1, -0.05) is 31.9 Å². The summed E-state index contributed by atoms with van der Waals surface area (Å²) in [4.78, 5) is 22.1. The Morgan fingerprint density at radius 1 is 1.32 bits per heavy atom. The molecule has 0 bridgehead atoms. The minimum atomic E-state index is -0.960. The van der Waals surface area contributed by atoms with Crippen LogP contribution in [0.4, 0.5) is 0 Å². The summed E-state index contributed by atoms with van der Waals surface area (Å²) in [6.45, 7) is 2.10. The average Bonchev–Trinajstić information content (AvgIpc) is 2.71. The van der Waals surface area contributed by atoms with E-state index in [0.29, 0.717) is 18.1 Å². The maximum atomic E-state index is 11.8. The van der Waals surface area contributed by atoms with Crippen LogP contribution >= 0.6 is 0 Å². The second-order valence-electron chi connectivity index (χ2n) is 5.46. The van der Waals surface area contributed by atoms with Crippen molar-refractivity contribution in [3.05, 3.63) is 12.2 Å². The maximum Gasteiger partial charge on any atom is 0.136 e. The molecule has 1 aliphatic rings. The summed E-state index contributed by atoms with van der Waals surface area (Å²) in [5, 5.41) is 10.3. The minimum absolute atomic E-state index is 0.159. The van der Waals surface area contributed by atoms with Crippen molar-refractivity contribution in [1.82, 2.24) is 0 Å². The number of Topliss-reactive ketones (excluding diaryl/α,β-unsaturated/α-hetero) is 1. The summed E-state index contributed by atoms with van der Waals surface area (Å²) < 4.78 is 0. The van der Waals surface area contributed by atoms with Crippen molar-refractivity contribution in [3.63, 3.8) is 0 Å². The summed E-state index contributed by atoms with van der Waals surface area (Å²) in [6.07, 6.45) is 11.8. The van der Waals surface area contributed by atoms with Gasteiger partial charge in [0.15, 0.2) is 0 Å². The van der Waals surface area contributed by atoms with E-state index < -0.39 is 5.97 Å². The molecular formula is C16H25O3-. The van der Waals surface area contributed by atoms with Gasteiger partial charge in [0.1, 0.15) is 5.78 Å². The highest BCUT2D eigenvalue weighted by Gasteiger charge is 2.32. The monoisotopic (exact) mass is 265 g/mol. The Labute approximate surface area is 116 Å². The fourth-order valence-electron chi connectivity index (χ4n) is 2.91. The Morgan fingerprint density at radius 2 is 2.11 bits per heavy atom. The normalized spacial score (nSPS) is 23.3. The first-order chi connectivity index (χ1) is 9.15. The molecule has 1 aliphatic carbocycles. The van der Waals surface area contributed by atoms with Crippen molar-refractivity contribution in [2.24, 2.45) is 11.8 Å². The molecule has 0 heterocycles. The van der Waals surface area contributed by atoms with Crippen molar-refractivity contribution in [2.75, 3.05) is 0 Å². The zero-order valence-electron chi connectivity index (χ0n) is 11.9. The molecule has 1 rings (SSSR count). The van der Waals surface area contributed by atoms with Gasteiger partial charge in [-0.3, -0.25) is 4.79 Å². The second kappa shape index (κ2) is 8.89. The van der Waals surface area contributed by atoms with Crippen molar-refractivity contribution in [3.8, 4) is 0 Å². The molecule has 3 heteroatoms. The van der Waals surface area contributed by atoms with Gasteiger partial charge in [0.2, 0.25) is 0 Å². The van der Waals surface area contributed by atoms with Crippen LogP contribution in [0.5, 0.6) is 0 Å². The fourth-order valence-corrected chi connectivity index (χ4v) is 2.91. The molecule has 3 nitrogen and oxygen atoms in total. The highest BCUT2D eigenvalue weighted by Crippen LogP contribution is 2.35. The standard InChI is InChI=1S/C16H26O3/c1-2-3-5-9-14-13(11-12-15(14)17)8-6-4-7-10-16(18)19/h3,5,13-14H,2,4,6-12H2,1H3,(H,18,19)/p-1/b5-3-/t13-,14-/m1/s1. The van der Waals surface area contributed by atoms with Gasteiger partial charge < -0.3 is 9.90 Å². The van der Waals surface area contributed by atoms with E-state index in [1.807, 2.05) is 0 Å². The third-order valence-corrected chi connectivity index (χ3v) is 3.99. The molecule has 0 amide bonds. The Bertz CT molecular complexity index is 320. The number of rotatable bonds is 9. The number of carboxylic acids is 1. The predicted octanol–water partition coefficient (Wildman–Crippen LogP) is 2.64. The van der Waals surface area contributed by atoms with Gasteiger partial charge in [-0.2, -0.15) is 0 Å². The van der Waals surface area contributed by atoms with Crippen LogP contribution in [0.1, 0.15) is 64.7 Å². The first-order valence-corrected chi connectivity index (χ1v) is 7.52. The molecule has 0 aromatic heterocycles.